The molecule has 0 spiro atoms. The molecule has 3 rings (SSSR count). The van der Waals surface area contributed by atoms with Gasteiger partial charge in [-0.15, -0.1) is 0 Å². The van der Waals surface area contributed by atoms with Gasteiger partial charge in [-0.3, -0.25) is 4.79 Å². The van der Waals surface area contributed by atoms with Crippen molar-refractivity contribution in [1.82, 2.24) is 14.5 Å². The van der Waals surface area contributed by atoms with E-state index in [0.29, 0.717) is 6.54 Å². The summed E-state index contributed by atoms with van der Waals surface area (Å²) in [7, 11) is 1.97. The molecule has 24 heavy (non-hydrogen) atoms. The summed E-state index contributed by atoms with van der Waals surface area (Å²) in [6, 6.07) is 7.81. The van der Waals surface area contributed by atoms with E-state index in [4.69, 9.17) is 0 Å². The summed E-state index contributed by atoms with van der Waals surface area (Å²) < 4.78 is 1.99. The van der Waals surface area contributed by atoms with Crippen molar-refractivity contribution >= 4 is 17.7 Å². The monoisotopic (exact) mass is 345 g/mol. The summed E-state index contributed by atoms with van der Waals surface area (Å²) in [5, 5.41) is 10.7. The number of aromatic nitrogens is 2. The van der Waals surface area contributed by atoms with Crippen LogP contribution >= 0.6 is 11.8 Å². The van der Waals surface area contributed by atoms with Gasteiger partial charge < -0.3 is 14.6 Å². The second-order valence-corrected chi connectivity index (χ2v) is 7.29. The molecule has 1 aliphatic rings. The lowest BCUT2D eigenvalue weighted by Gasteiger charge is -2.18. The molecule has 0 radical (unpaired) electrons. The first kappa shape index (κ1) is 17.0. The molecule has 1 aliphatic heterocycles. The molecule has 2 unspecified atom stereocenters. The number of carbonyl (C=O) groups excluding carboxylic acids is 1. The zero-order valence-electron chi connectivity index (χ0n) is 14.1. The Bertz CT molecular complexity index is 714. The highest BCUT2D eigenvalue weighted by Gasteiger charge is 2.29. The van der Waals surface area contributed by atoms with Crippen LogP contribution in [0.15, 0.2) is 41.8 Å². The highest BCUT2D eigenvalue weighted by atomic mass is 32.2. The van der Waals surface area contributed by atoms with Gasteiger partial charge in [-0.2, -0.15) is 0 Å². The maximum absolute atomic E-state index is 12.7. The number of rotatable bonds is 5. The third-order valence-electron chi connectivity index (χ3n) is 4.51. The summed E-state index contributed by atoms with van der Waals surface area (Å²) in [6.45, 7) is 3.16. The summed E-state index contributed by atoms with van der Waals surface area (Å²) in [6.07, 6.45) is 4.23. The first-order valence-electron chi connectivity index (χ1n) is 8.21. The SMILES string of the molecule is CC(O)C1CCN(C(=O)c2cccc(CSc3nccn3C)c2)C1. The number of carbonyl (C=O) groups is 1. The fraction of sp³-hybridized carbons (Fsp3) is 0.444. The highest BCUT2D eigenvalue weighted by Crippen LogP contribution is 2.24. The molecule has 2 aromatic rings. The molecule has 2 heterocycles. The zero-order valence-corrected chi connectivity index (χ0v) is 14.9. The summed E-state index contributed by atoms with van der Waals surface area (Å²) in [5.74, 6) is 1.03. The lowest BCUT2D eigenvalue weighted by molar-refractivity contribution is 0.0762. The van der Waals surface area contributed by atoms with Crippen LogP contribution in [0, 0.1) is 5.92 Å². The minimum atomic E-state index is -0.358. The number of imidazole rings is 1. The Kier molecular flexibility index (Phi) is 5.26. The van der Waals surface area contributed by atoms with E-state index in [1.807, 2.05) is 47.0 Å². The Morgan fingerprint density at radius 3 is 3.00 bits per heavy atom. The van der Waals surface area contributed by atoms with Crippen LogP contribution in [0.2, 0.25) is 0 Å². The fourth-order valence-corrected chi connectivity index (χ4v) is 3.86. The largest absolute Gasteiger partial charge is 0.393 e. The van der Waals surface area contributed by atoms with Gasteiger partial charge in [0.05, 0.1) is 6.10 Å². The van der Waals surface area contributed by atoms with Gasteiger partial charge >= 0.3 is 0 Å². The van der Waals surface area contributed by atoms with Crippen molar-refractivity contribution in [3.8, 4) is 0 Å². The second-order valence-electron chi connectivity index (χ2n) is 6.35. The maximum Gasteiger partial charge on any atom is 0.253 e. The molecule has 6 heteroatoms. The van der Waals surface area contributed by atoms with Crippen molar-refractivity contribution in [2.24, 2.45) is 13.0 Å². The van der Waals surface area contributed by atoms with E-state index in [-0.39, 0.29) is 17.9 Å². The van der Waals surface area contributed by atoms with Gasteiger partial charge in [0.1, 0.15) is 0 Å². The molecule has 5 nitrogen and oxygen atoms in total. The average molecular weight is 345 g/mol. The number of benzene rings is 1. The summed E-state index contributed by atoms with van der Waals surface area (Å²) >= 11 is 1.66. The molecule has 1 saturated heterocycles. The van der Waals surface area contributed by atoms with E-state index in [1.165, 1.54) is 0 Å². The summed E-state index contributed by atoms with van der Waals surface area (Å²) in [4.78, 5) is 18.8. The number of likely N-dealkylation sites (tertiary alicyclic amines) is 1. The molecule has 0 bridgehead atoms. The molecule has 0 saturated carbocycles. The van der Waals surface area contributed by atoms with Crippen LogP contribution in [-0.2, 0) is 12.8 Å². The van der Waals surface area contributed by atoms with Crippen molar-refractivity contribution in [2.45, 2.75) is 30.4 Å². The van der Waals surface area contributed by atoms with E-state index in [2.05, 4.69) is 4.98 Å². The van der Waals surface area contributed by atoms with Gasteiger partial charge in [0.2, 0.25) is 0 Å². The third-order valence-corrected chi connectivity index (χ3v) is 5.64. The van der Waals surface area contributed by atoms with Gasteiger partial charge in [-0.05, 0) is 31.0 Å². The highest BCUT2D eigenvalue weighted by molar-refractivity contribution is 7.98. The van der Waals surface area contributed by atoms with Crippen LogP contribution in [0.5, 0.6) is 0 Å². The van der Waals surface area contributed by atoms with Crippen LogP contribution in [-0.4, -0.2) is 44.7 Å². The number of nitrogens with zero attached hydrogens (tertiary/aromatic N) is 3. The quantitative estimate of drug-likeness (QED) is 0.846. The Balaban J connectivity index is 1.64. The lowest BCUT2D eigenvalue weighted by Crippen LogP contribution is -2.30. The van der Waals surface area contributed by atoms with E-state index >= 15 is 0 Å². The van der Waals surface area contributed by atoms with E-state index in [0.717, 1.165) is 35.0 Å². The van der Waals surface area contributed by atoms with E-state index in [1.54, 1.807) is 24.9 Å². The van der Waals surface area contributed by atoms with E-state index in [9.17, 15) is 9.90 Å². The van der Waals surface area contributed by atoms with Gasteiger partial charge in [0.15, 0.2) is 5.16 Å². The lowest BCUT2D eigenvalue weighted by atomic mass is 10.0. The number of thioether (sulfide) groups is 1. The first-order chi connectivity index (χ1) is 11.5. The smallest absolute Gasteiger partial charge is 0.253 e. The average Bonchev–Trinajstić information content (AvgIpc) is 3.22. The Morgan fingerprint density at radius 1 is 1.50 bits per heavy atom. The van der Waals surface area contributed by atoms with Crippen molar-refractivity contribution < 1.29 is 9.90 Å². The number of hydrogen-bond acceptors (Lipinski definition) is 4. The molecule has 1 aromatic heterocycles. The molecule has 2 atom stereocenters. The molecular formula is C18H23N3O2S. The Labute approximate surface area is 146 Å². The maximum atomic E-state index is 12.7. The molecule has 1 aromatic carbocycles. The molecule has 1 N–H and O–H groups in total. The number of amides is 1. The standard InChI is InChI=1S/C18H23N3O2S/c1-13(22)16-6-8-21(11-16)17(23)15-5-3-4-14(10-15)12-24-18-19-7-9-20(18)2/h3-5,7,9-10,13,16,22H,6,8,11-12H2,1-2H3. The molecule has 1 fully saturated rings. The van der Waals surface area contributed by atoms with Crippen molar-refractivity contribution in [3.63, 3.8) is 0 Å². The summed E-state index contributed by atoms with van der Waals surface area (Å²) in [5.41, 5.74) is 1.83. The Hall–Kier alpha value is -1.79. The predicted molar refractivity (Wildman–Crippen MR) is 94.9 cm³/mol. The van der Waals surface area contributed by atoms with Crippen molar-refractivity contribution in [3.05, 3.63) is 47.8 Å². The normalized spacial score (nSPS) is 18.8. The molecule has 1 amide bonds. The van der Waals surface area contributed by atoms with Gasteiger partial charge in [0, 0.05) is 49.8 Å². The van der Waals surface area contributed by atoms with Crippen LogP contribution in [0.25, 0.3) is 0 Å². The predicted octanol–water partition coefficient (Wildman–Crippen LogP) is 2.56. The van der Waals surface area contributed by atoms with Crippen LogP contribution in [0.1, 0.15) is 29.3 Å². The number of hydrogen-bond donors (Lipinski definition) is 1. The fourth-order valence-electron chi connectivity index (χ4n) is 2.98. The molecular weight excluding hydrogens is 322 g/mol. The Morgan fingerprint density at radius 2 is 2.33 bits per heavy atom. The number of aryl methyl sites for hydroxylation is 1. The molecule has 0 aliphatic carbocycles. The first-order valence-corrected chi connectivity index (χ1v) is 9.19. The molecule has 128 valence electrons. The van der Waals surface area contributed by atoms with Gasteiger partial charge in [0.25, 0.3) is 5.91 Å². The minimum Gasteiger partial charge on any atom is -0.393 e. The van der Waals surface area contributed by atoms with Crippen LogP contribution in [0.4, 0.5) is 0 Å². The number of aliphatic hydroxyl groups excluding tert-OH is 1. The van der Waals surface area contributed by atoms with Gasteiger partial charge in [-0.25, -0.2) is 4.98 Å². The minimum absolute atomic E-state index is 0.0574. The van der Waals surface area contributed by atoms with Crippen molar-refractivity contribution in [1.29, 1.82) is 0 Å². The topological polar surface area (TPSA) is 58.4 Å². The van der Waals surface area contributed by atoms with Crippen molar-refractivity contribution in [2.75, 3.05) is 13.1 Å². The second kappa shape index (κ2) is 7.40. The van der Waals surface area contributed by atoms with Crippen LogP contribution < -0.4 is 0 Å². The number of aliphatic hydroxyl groups is 1. The van der Waals surface area contributed by atoms with Crippen LogP contribution in [0.3, 0.4) is 0 Å². The third kappa shape index (κ3) is 3.82. The van der Waals surface area contributed by atoms with E-state index < -0.39 is 0 Å². The zero-order chi connectivity index (χ0) is 17.1. The van der Waals surface area contributed by atoms with Gasteiger partial charge in [-0.1, -0.05) is 23.9 Å².